The van der Waals surface area contributed by atoms with Gasteiger partial charge in [-0.2, -0.15) is 13.2 Å². The van der Waals surface area contributed by atoms with E-state index in [1.165, 1.54) is 4.90 Å². The number of nitrogens with one attached hydrogen (secondary N) is 1. The monoisotopic (exact) mass is 329 g/mol. The fourth-order valence-corrected chi connectivity index (χ4v) is 2.46. The smallest absolute Gasteiger partial charge is 0.356 e. The first-order valence-electron chi connectivity index (χ1n) is 7.40. The topological polar surface area (TPSA) is 62.3 Å². The van der Waals surface area contributed by atoms with Gasteiger partial charge in [0, 0.05) is 50.8 Å². The maximum absolute atomic E-state index is 12.7. The molecule has 5 nitrogen and oxygen atoms in total. The van der Waals surface area contributed by atoms with Crippen molar-refractivity contribution in [1.29, 1.82) is 0 Å². The molecule has 0 spiro atoms. The van der Waals surface area contributed by atoms with Crippen molar-refractivity contribution in [2.24, 2.45) is 0 Å². The number of hydrogen-bond acceptors (Lipinski definition) is 3. The lowest BCUT2D eigenvalue weighted by Crippen LogP contribution is -2.37. The van der Waals surface area contributed by atoms with E-state index in [0.29, 0.717) is 30.8 Å². The number of nitrogens with zero attached hydrogens (tertiary/aromatic N) is 2. The van der Waals surface area contributed by atoms with Gasteiger partial charge in [0.1, 0.15) is 0 Å². The van der Waals surface area contributed by atoms with Crippen LogP contribution in [-0.2, 0) is 28.7 Å². The second-order valence-corrected chi connectivity index (χ2v) is 5.35. The van der Waals surface area contributed by atoms with E-state index in [9.17, 15) is 22.8 Å². The number of hydrogen-bond donors (Lipinski definition) is 1. The molecule has 0 aliphatic carbocycles. The summed E-state index contributed by atoms with van der Waals surface area (Å²) >= 11 is 0. The Labute approximate surface area is 131 Å². The first-order valence-corrected chi connectivity index (χ1v) is 7.40. The largest absolute Gasteiger partial charge is 0.417 e. The van der Waals surface area contributed by atoms with E-state index in [-0.39, 0.29) is 31.2 Å². The molecule has 2 heterocycles. The first kappa shape index (κ1) is 17.2. The molecule has 1 aromatic rings. The van der Waals surface area contributed by atoms with E-state index in [4.69, 9.17) is 0 Å². The molecule has 8 heteroatoms. The summed E-state index contributed by atoms with van der Waals surface area (Å²) in [6, 6.07) is 1.05. The number of carbonyl (C=O) groups is 2. The van der Waals surface area contributed by atoms with Crippen LogP contribution in [0, 0.1) is 0 Å². The number of alkyl halides is 3. The van der Waals surface area contributed by atoms with Crippen molar-refractivity contribution in [3.8, 4) is 0 Å². The van der Waals surface area contributed by atoms with Crippen molar-refractivity contribution in [3.63, 3.8) is 0 Å². The molecule has 2 amide bonds. The number of pyridine rings is 1. The Morgan fingerprint density at radius 1 is 1.35 bits per heavy atom. The van der Waals surface area contributed by atoms with Gasteiger partial charge in [-0.1, -0.05) is 0 Å². The molecule has 0 bridgehead atoms. The number of aromatic nitrogens is 1. The Morgan fingerprint density at radius 2 is 2.09 bits per heavy atom. The predicted molar refractivity (Wildman–Crippen MR) is 76.3 cm³/mol. The van der Waals surface area contributed by atoms with Gasteiger partial charge in [-0.15, -0.1) is 0 Å². The molecule has 0 atom stereocenters. The predicted octanol–water partition coefficient (Wildman–Crippen LogP) is 1.90. The average Bonchev–Trinajstić information content (AvgIpc) is 2.51. The van der Waals surface area contributed by atoms with E-state index < -0.39 is 11.7 Å². The molecule has 0 aromatic carbocycles. The molecular weight excluding hydrogens is 311 g/mol. The summed E-state index contributed by atoms with van der Waals surface area (Å²) < 4.78 is 38.2. The Morgan fingerprint density at radius 3 is 2.74 bits per heavy atom. The molecule has 1 aromatic heterocycles. The molecular formula is C15H18F3N3O2. The summed E-state index contributed by atoms with van der Waals surface area (Å²) in [4.78, 5) is 28.8. The highest BCUT2D eigenvalue weighted by Gasteiger charge is 2.32. The molecule has 0 radical (unpaired) electrons. The Balaban J connectivity index is 2.01. The molecule has 0 fully saturated rings. The van der Waals surface area contributed by atoms with Crippen LogP contribution in [0.4, 0.5) is 13.2 Å². The average molecular weight is 329 g/mol. The number of halogens is 3. The van der Waals surface area contributed by atoms with Crippen LogP contribution in [0.15, 0.2) is 12.3 Å². The van der Waals surface area contributed by atoms with Crippen LogP contribution in [-0.4, -0.2) is 34.8 Å². The summed E-state index contributed by atoms with van der Waals surface area (Å²) in [5.74, 6) is -0.446. The highest BCUT2D eigenvalue weighted by atomic mass is 19.4. The van der Waals surface area contributed by atoms with Gasteiger partial charge in [-0.25, -0.2) is 0 Å². The van der Waals surface area contributed by atoms with Crippen LogP contribution in [0.25, 0.3) is 0 Å². The van der Waals surface area contributed by atoms with Crippen molar-refractivity contribution in [2.75, 3.05) is 13.1 Å². The van der Waals surface area contributed by atoms with Gasteiger partial charge < -0.3 is 10.2 Å². The van der Waals surface area contributed by atoms with Crippen molar-refractivity contribution in [2.45, 2.75) is 38.9 Å². The minimum absolute atomic E-state index is 0.0492. The second kappa shape index (κ2) is 6.97. The Hall–Kier alpha value is -2.12. The van der Waals surface area contributed by atoms with Crippen LogP contribution in [0.5, 0.6) is 0 Å². The summed E-state index contributed by atoms with van der Waals surface area (Å²) in [5.41, 5.74) is 0.191. The van der Waals surface area contributed by atoms with Gasteiger partial charge in [-0.3, -0.25) is 14.6 Å². The third-order valence-corrected chi connectivity index (χ3v) is 3.66. The molecule has 0 unspecified atom stereocenters. The highest BCUT2D eigenvalue weighted by Crippen LogP contribution is 2.31. The molecule has 0 saturated carbocycles. The standard InChI is InChI=1S/C15H18F3N3O2/c1-2-19-13(22)3-4-14(23)21-6-5-12-10(9-21)7-11(8-20-12)15(16,17)18/h7-8H,2-6,9H2,1H3,(H,19,22). The first-order chi connectivity index (χ1) is 10.8. The molecule has 23 heavy (non-hydrogen) atoms. The van der Waals surface area contributed by atoms with E-state index in [2.05, 4.69) is 10.3 Å². The number of fused-ring (bicyclic) bond motifs is 1. The third-order valence-electron chi connectivity index (χ3n) is 3.66. The summed E-state index contributed by atoms with van der Waals surface area (Å²) in [6.45, 7) is 2.78. The van der Waals surface area contributed by atoms with Crippen molar-refractivity contribution in [1.82, 2.24) is 15.2 Å². The van der Waals surface area contributed by atoms with Gasteiger partial charge >= 0.3 is 6.18 Å². The summed E-state index contributed by atoms with van der Waals surface area (Å²) in [7, 11) is 0. The normalized spacial score (nSPS) is 14.3. The molecule has 0 saturated heterocycles. The van der Waals surface area contributed by atoms with Gasteiger partial charge in [0.25, 0.3) is 0 Å². The van der Waals surface area contributed by atoms with Crippen LogP contribution in [0.1, 0.15) is 36.6 Å². The van der Waals surface area contributed by atoms with Crippen LogP contribution >= 0.6 is 0 Å². The van der Waals surface area contributed by atoms with Gasteiger partial charge in [-0.05, 0) is 18.6 Å². The van der Waals surface area contributed by atoms with Crippen LogP contribution in [0.3, 0.4) is 0 Å². The summed E-state index contributed by atoms with van der Waals surface area (Å²) in [6.07, 6.45) is -3.08. The second-order valence-electron chi connectivity index (χ2n) is 5.35. The lowest BCUT2D eigenvalue weighted by atomic mass is 10.0. The maximum atomic E-state index is 12.7. The van der Waals surface area contributed by atoms with E-state index in [1.807, 2.05) is 0 Å². The zero-order chi connectivity index (χ0) is 17.0. The minimum Gasteiger partial charge on any atom is -0.356 e. The highest BCUT2D eigenvalue weighted by molar-refractivity contribution is 5.83. The molecule has 1 aliphatic rings. The number of carbonyl (C=O) groups excluding carboxylic acids is 2. The van der Waals surface area contributed by atoms with Crippen molar-refractivity contribution >= 4 is 11.8 Å². The van der Waals surface area contributed by atoms with Crippen LogP contribution in [0.2, 0.25) is 0 Å². The Kier molecular flexibility index (Phi) is 5.23. The molecule has 2 rings (SSSR count). The fourth-order valence-electron chi connectivity index (χ4n) is 2.46. The molecule has 1 N–H and O–H groups in total. The van der Waals surface area contributed by atoms with Crippen molar-refractivity contribution < 1.29 is 22.8 Å². The van der Waals surface area contributed by atoms with Gasteiger partial charge in [0.05, 0.1) is 5.56 Å². The minimum atomic E-state index is -4.45. The van der Waals surface area contributed by atoms with E-state index in [1.54, 1.807) is 6.92 Å². The number of amides is 2. The molecule has 1 aliphatic heterocycles. The number of rotatable bonds is 4. The van der Waals surface area contributed by atoms with E-state index >= 15 is 0 Å². The summed E-state index contributed by atoms with van der Waals surface area (Å²) in [5, 5.41) is 2.60. The SMILES string of the molecule is CCNC(=O)CCC(=O)N1CCc2ncc(C(F)(F)F)cc2C1. The molecule has 126 valence electrons. The third kappa shape index (κ3) is 4.43. The van der Waals surface area contributed by atoms with Crippen molar-refractivity contribution in [3.05, 3.63) is 29.1 Å². The lowest BCUT2D eigenvalue weighted by molar-refractivity contribution is -0.138. The maximum Gasteiger partial charge on any atom is 0.417 e. The Bertz CT molecular complexity index is 602. The van der Waals surface area contributed by atoms with Crippen LogP contribution < -0.4 is 5.32 Å². The van der Waals surface area contributed by atoms with Gasteiger partial charge in [0.2, 0.25) is 11.8 Å². The van der Waals surface area contributed by atoms with E-state index in [0.717, 1.165) is 12.3 Å². The zero-order valence-corrected chi connectivity index (χ0v) is 12.7. The fraction of sp³-hybridized carbons (Fsp3) is 0.533. The quantitative estimate of drug-likeness (QED) is 0.918. The zero-order valence-electron chi connectivity index (χ0n) is 12.7. The van der Waals surface area contributed by atoms with Gasteiger partial charge in [0.15, 0.2) is 0 Å². The lowest BCUT2D eigenvalue weighted by Gasteiger charge is -2.28.